The zero-order valence-electron chi connectivity index (χ0n) is 16.8. The van der Waals surface area contributed by atoms with Gasteiger partial charge in [0.05, 0.1) is 11.7 Å². The third kappa shape index (κ3) is 3.68. The molecular formula is C25H19BrClN3O. The molecule has 6 heteroatoms. The maximum absolute atomic E-state index is 13.5. The van der Waals surface area contributed by atoms with E-state index in [2.05, 4.69) is 69.4 Å². The molecule has 0 aliphatic carbocycles. The molecule has 3 aromatic carbocycles. The Morgan fingerprint density at radius 2 is 1.81 bits per heavy atom. The quantitative estimate of drug-likeness (QED) is 0.351. The van der Waals surface area contributed by atoms with E-state index in [1.165, 1.54) is 5.56 Å². The maximum atomic E-state index is 13.5. The van der Waals surface area contributed by atoms with Crippen LogP contribution in [0.3, 0.4) is 0 Å². The van der Waals surface area contributed by atoms with Gasteiger partial charge in [0.1, 0.15) is 5.69 Å². The van der Waals surface area contributed by atoms with Crippen molar-refractivity contribution in [3.05, 3.63) is 110 Å². The normalized spacial score (nSPS) is 15.4. The van der Waals surface area contributed by atoms with Crippen molar-refractivity contribution in [1.82, 2.24) is 15.1 Å². The van der Waals surface area contributed by atoms with Crippen molar-refractivity contribution in [3.8, 4) is 11.3 Å². The smallest absolute Gasteiger partial charge is 0.273 e. The molecule has 0 bridgehead atoms. The van der Waals surface area contributed by atoms with Gasteiger partial charge in [-0.15, -0.1) is 0 Å². The molecular weight excluding hydrogens is 474 g/mol. The highest BCUT2D eigenvalue weighted by atomic mass is 79.9. The molecule has 2 heterocycles. The molecule has 4 aromatic rings. The van der Waals surface area contributed by atoms with Gasteiger partial charge in [-0.05, 0) is 42.3 Å². The number of rotatable bonds is 4. The molecule has 1 aliphatic heterocycles. The van der Waals surface area contributed by atoms with Crippen LogP contribution in [-0.4, -0.2) is 21.0 Å². The van der Waals surface area contributed by atoms with Crippen LogP contribution in [-0.2, 0) is 6.54 Å². The summed E-state index contributed by atoms with van der Waals surface area (Å²) in [6, 6.07) is 23.7. The minimum Gasteiger partial charge on any atom is -0.322 e. The van der Waals surface area contributed by atoms with E-state index in [-0.39, 0.29) is 11.9 Å². The first kappa shape index (κ1) is 20.0. The predicted molar refractivity (Wildman–Crippen MR) is 126 cm³/mol. The van der Waals surface area contributed by atoms with E-state index in [0.717, 1.165) is 32.4 Å². The number of hydrogen-bond acceptors (Lipinski definition) is 2. The van der Waals surface area contributed by atoms with Crippen molar-refractivity contribution in [3.63, 3.8) is 0 Å². The largest absolute Gasteiger partial charge is 0.322 e. The summed E-state index contributed by atoms with van der Waals surface area (Å²) in [5, 5.41) is 8.23. The highest BCUT2D eigenvalue weighted by Crippen LogP contribution is 2.43. The van der Waals surface area contributed by atoms with Crippen LogP contribution in [0.15, 0.2) is 77.3 Å². The third-order valence-corrected chi connectivity index (χ3v) is 6.36. The number of aryl methyl sites for hydroxylation is 1. The number of H-pyrrole nitrogens is 1. The van der Waals surface area contributed by atoms with Crippen molar-refractivity contribution in [2.24, 2.45) is 0 Å². The summed E-state index contributed by atoms with van der Waals surface area (Å²) in [6.45, 7) is 2.53. The first-order valence-corrected chi connectivity index (χ1v) is 11.1. The van der Waals surface area contributed by atoms with E-state index in [4.69, 9.17) is 11.6 Å². The second-order valence-corrected chi connectivity index (χ2v) is 9.10. The Balaban J connectivity index is 1.64. The molecule has 0 saturated heterocycles. The van der Waals surface area contributed by atoms with E-state index in [0.29, 0.717) is 17.3 Å². The lowest BCUT2D eigenvalue weighted by Crippen LogP contribution is -2.29. The molecule has 1 aliphatic rings. The molecule has 1 amide bonds. The molecule has 4 nitrogen and oxygen atoms in total. The fourth-order valence-electron chi connectivity index (χ4n) is 4.10. The van der Waals surface area contributed by atoms with Crippen molar-refractivity contribution < 1.29 is 4.79 Å². The van der Waals surface area contributed by atoms with Crippen LogP contribution >= 0.6 is 27.5 Å². The van der Waals surface area contributed by atoms with Crippen LogP contribution < -0.4 is 0 Å². The third-order valence-electron chi connectivity index (χ3n) is 5.62. The Labute approximate surface area is 194 Å². The van der Waals surface area contributed by atoms with Crippen molar-refractivity contribution in [2.75, 3.05) is 0 Å². The number of carbonyl (C=O) groups is 1. The number of nitrogens with zero attached hydrogens (tertiary/aromatic N) is 2. The zero-order valence-corrected chi connectivity index (χ0v) is 19.1. The summed E-state index contributed by atoms with van der Waals surface area (Å²) in [6.07, 6.45) is 0. The van der Waals surface area contributed by atoms with Gasteiger partial charge in [-0.2, -0.15) is 5.10 Å². The van der Waals surface area contributed by atoms with Crippen LogP contribution in [0, 0.1) is 6.92 Å². The van der Waals surface area contributed by atoms with Gasteiger partial charge in [-0.1, -0.05) is 81.6 Å². The molecule has 1 aromatic heterocycles. The topological polar surface area (TPSA) is 49.0 Å². The average molecular weight is 493 g/mol. The predicted octanol–water partition coefficient (Wildman–Crippen LogP) is 6.55. The van der Waals surface area contributed by atoms with Crippen molar-refractivity contribution >= 4 is 33.4 Å². The van der Waals surface area contributed by atoms with Crippen LogP contribution in [0.25, 0.3) is 11.3 Å². The van der Waals surface area contributed by atoms with Crippen molar-refractivity contribution in [2.45, 2.75) is 19.5 Å². The number of carbonyl (C=O) groups excluding carboxylic acids is 1. The molecule has 0 spiro atoms. The summed E-state index contributed by atoms with van der Waals surface area (Å²) >= 11 is 9.63. The summed E-state index contributed by atoms with van der Waals surface area (Å²) in [5.74, 6) is -0.0548. The van der Waals surface area contributed by atoms with Crippen LogP contribution in [0.2, 0.25) is 5.02 Å². The lowest BCUT2D eigenvalue weighted by Gasteiger charge is -2.26. The highest BCUT2D eigenvalue weighted by Gasteiger charge is 2.42. The van der Waals surface area contributed by atoms with Crippen LogP contribution in [0.5, 0.6) is 0 Å². The Kier molecular flexibility index (Phi) is 5.16. The molecule has 1 N–H and O–H groups in total. The van der Waals surface area contributed by atoms with E-state index >= 15 is 0 Å². The zero-order chi connectivity index (χ0) is 21.5. The minimum absolute atomic E-state index is 0.0548. The van der Waals surface area contributed by atoms with Gasteiger partial charge in [0.2, 0.25) is 0 Å². The number of aromatic amines is 1. The van der Waals surface area contributed by atoms with E-state index in [9.17, 15) is 4.79 Å². The van der Waals surface area contributed by atoms with Crippen LogP contribution in [0.1, 0.15) is 38.8 Å². The average Bonchev–Trinajstić information content (AvgIpc) is 3.30. The number of nitrogens with one attached hydrogen (secondary N) is 1. The standard InChI is InChI=1S/C25H19BrClN3O/c1-15-5-9-17(10-6-15)22-21-23(29-28-22)25(31)30(14-16-7-11-20(27)12-8-16)24(21)18-3-2-4-19(26)13-18/h2-13,24H,14H2,1H3,(H,28,29). The number of aromatic nitrogens is 2. The SMILES string of the molecule is Cc1ccc(-c2n[nH]c3c2C(c2cccc(Br)c2)N(Cc2ccc(Cl)cc2)C3=O)cc1. The lowest BCUT2D eigenvalue weighted by molar-refractivity contribution is 0.0730. The Hall–Kier alpha value is -2.89. The second kappa shape index (κ2) is 7.98. The van der Waals surface area contributed by atoms with E-state index in [1.54, 1.807) is 0 Å². The minimum atomic E-state index is -0.245. The van der Waals surface area contributed by atoms with Gasteiger partial charge >= 0.3 is 0 Å². The number of halogens is 2. The summed E-state index contributed by atoms with van der Waals surface area (Å²) < 4.78 is 0.970. The summed E-state index contributed by atoms with van der Waals surface area (Å²) in [4.78, 5) is 15.3. The first-order valence-electron chi connectivity index (χ1n) is 9.97. The number of hydrogen-bond donors (Lipinski definition) is 1. The van der Waals surface area contributed by atoms with Gasteiger partial charge in [0.15, 0.2) is 0 Å². The Morgan fingerprint density at radius 3 is 2.52 bits per heavy atom. The monoisotopic (exact) mass is 491 g/mol. The fraction of sp³-hybridized carbons (Fsp3) is 0.120. The number of amides is 1. The second-order valence-electron chi connectivity index (χ2n) is 7.74. The molecule has 154 valence electrons. The Morgan fingerprint density at radius 1 is 1.06 bits per heavy atom. The molecule has 1 atom stereocenters. The summed E-state index contributed by atoms with van der Waals surface area (Å²) in [5.41, 5.74) is 6.50. The molecule has 5 rings (SSSR count). The summed E-state index contributed by atoms with van der Waals surface area (Å²) in [7, 11) is 0. The van der Waals surface area contributed by atoms with Crippen LogP contribution in [0.4, 0.5) is 0 Å². The van der Waals surface area contributed by atoms with Gasteiger partial charge in [-0.25, -0.2) is 0 Å². The molecule has 0 fully saturated rings. The molecule has 1 unspecified atom stereocenters. The Bertz CT molecular complexity index is 1260. The van der Waals surface area contributed by atoms with Gasteiger partial charge in [0.25, 0.3) is 5.91 Å². The fourth-order valence-corrected chi connectivity index (χ4v) is 4.64. The van der Waals surface area contributed by atoms with Gasteiger partial charge in [0, 0.05) is 27.2 Å². The van der Waals surface area contributed by atoms with Crippen molar-refractivity contribution in [1.29, 1.82) is 0 Å². The molecule has 31 heavy (non-hydrogen) atoms. The van der Waals surface area contributed by atoms with E-state index < -0.39 is 0 Å². The van der Waals surface area contributed by atoms with E-state index in [1.807, 2.05) is 41.3 Å². The number of fused-ring (bicyclic) bond motifs is 1. The van der Waals surface area contributed by atoms with Gasteiger partial charge in [-0.3, -0.25) is 9.89 Å². The molecule has 0 saturated carbocycles. The highest BCUT2D eigenvalue weighted by molar-refractivity contribution is 9.10. The van der Waals surface area contributed by atoms with Gasteiger partial charge < -0.3 is 4.90 Å². The first-order chi connectivity index (χ1) is 15.0. The molecule has 0 radical (unpaired) electrons. The lowest BCUT2D eigenvalue weighted by atomic mass is 9.95. The number of benzene rings is 3. The maximum Gasteiger partial charge on any atom is 0.273 e.